The number of carbonyl (C=O) groups excluding carboxylic acids is 2. The highest BCUT2D eigenvalue weighted by Gasteiger charge is 2.46. The van der Waals surface area contributed by atoms with E-state index in [1.807, 2.05) is 0 Å². The highest BCUT2D eigenvalue weighted by Crippen LogP contribution is 2.45. The highest BCUT2D eigenvalue weighted by molar-refractivity contribution is 6.42. The summed E-state index contributed by atoms with van der Waals surface area (Å²) in [4.78, 5) is 31.4. The summed E-state index contributed by atoms with van der Waals surface area (Å²) in [5.74, 6) is -1.22. The van der Waals surface area contributed by atoms with E-state index < -0.39 is 35.2 Å². The van der Waals surface area contributed by atoms with Gasteiger partial charge in [-0.15, -0.1) is 0 Å². The van der Waals surface area contributed by atoms with Crippen molar-refractivity contribution in [1.29, 1.82) is 0 Å². The smallest absolute Gasteiger partial charge is 0.416 e. The van der Waals surface area contributed by atoms with Gasteiger partial charge in [-0.2, -0.15) is 13.2 Å². The third kappa shape index (κ3) is 6.67. The molecule has 0 aliphatic carbocycles. The predicted molar refractivity (Wildman–Crippen MR) is 160 cm³/mol. The summed E-state index contributed by atoms with van der Waals surface area (Å²) >= 11 is 12.4. The summed E-state index contributed by atoms with van der Waals surface area (Å²) in [5.41, 5.74) is 0.817. The van der Waals surface area contributed by atoms with Crippen LogP contribution in [0.25, 0.3) is 0 Å². The largest absolute Gasteiger partial charge is 0.437 e. The number of anilines is 1. The van der Waals surface area contributed by atoms with Gasteiger partial charge in [0, 0.05) is 52.1 Å². The molecule has 0 radical (unpaired) electrons. The fraction of sp³-hybridized carbons (Fsp3) is 0.375. The average molecular weight is 653 g/mol. The second-order valence-electron chi connectivity index (χ2n) is 11.3. The summed E-state index contributed by atoms with van der Waals surface area (Å²) in [7, 11) is 3.20. The van der Waals surface area contributed by atoms with Crippen LogP contribution in [0.5, 0.6) is 0 Å². The zero-order valence-corrected chi connectivity index (χ0v) is 25.6. The Hall–Kier alpha value is -3.34. The standard InChI is InChI=1S/C32H31Cl2F4N3O3/c1-39(19-20-3-6-22(7-4-20)32(36,37)38)29(42)24(21-5-9-26(33)27(34)17-21)11-14-41-15-12-31(13-16-41)25-18-23(35)8-10-28(25)40(2)30(43)44-31/h3-10,17-18,24H,11-16,19H2,1-2H3. The van der Waals surface area contributed by atoms with Crippen LogP contribution in [0.3, 0.4) is 0 Å². The Balaban J connectivity index is 1.29. The highest BCUT2D eigenvalue weighted by atomic mass is 35.5. The molecule has 0 N–H and O–H groups in total. The van der Waals surface area contributed by atoms with Crippen molar-refractivity contribution in [3.05, 3.63) is 98.8 Å². The average Bonchev–Trinajstić information content (AvgIpc) is 2.98. The van der Waals surface area contributed by atoms with Crippen molar-refractivity contribution in [3.8, 4) is 0 Å². The van der Waals surface area contributed by atoms with Crippen LogP contribution in [0.15, 0.2) is 60.7 Å². The summed E-state index contributed by atoms with van der Waals surface area (Å²) in [6.07, 6.45) is -3.58. The number of piperidine rings is 1. The first-order valence-corrected chi connectivity index (χ1v) is 14.9. The molecule has 0 bridgehead atoms. The lowest BCUT2D eigenvalue weighted by molar-refractivity contribution is -0.137. The first-order chi connectivity index (χ1) is 20.8. The number of ether oxygens (including phenoxy) is 1. The number of fused-ring (bicyclic) bond motifs is 2. The van der Waals surface area contributed by atoms with Crippen molar-refractivity contribution in [3.63, 3.8) is 0 Å². The Morgan fingerprint density at radius 2 is 1.70 bits per heavy atom. The van der Waals surface area contributed by atoms with Gasteiger partial charge in [-0.05, 0) is 66.6 Å². The zero-order chi connectivity index (χ0) is 31.8. The number of nitrogens with zero attached hydrogens (tertiary/aromatic N) is 3. The number of hydrogen-bond acceptors (Lipinski definition) is 4. The van der Waals surface area contributed by atoms with E-state index in [1.165, 1.54) is 34.1 Å². The molecule has 1 saturated heterocycles. The van der Waals surface area contributed by atoms with E-state index in [0.29, 0.717) is 71.3 Å². The van der Waals surface area contributed by atoms with Gasteiger partial charge in [-0.25, -0.2) is 9.18 Å². The minimum absolute atomic E-state index is 0.122. The van der Waals surface area contributed by atoms with Crippen LogP contribution < -0.4 is 4.90 Å². The monoisotopic (exact) mass is 651 g/mol. The third-order valence-electron chi connectivity index (χ3n) is 8.49. The number of likely N-dealkylation sites (N-methyl/N-ethyl adjacent to an activating group) is 1. The molecule has 3 aromatic rings. The number of amides is 2. The predicted octanol–water partition coefficient (Wildman–Crippen LogP) is 7.86. The lowest BCUT2D eigenvalue weighted by Gasteiger charge is -2.46. The van der Waals surface area contributed by atoms with Gasteiger partial charge in [0.25, 0.3) is 0 Å². The van der Waals surface area contributed by atoms with Crippen LogP contribution in [-0.4, -0.2) is 55.5 Å². The van der Waals surface area contributed by atoms with E-state index in [2.05, 4.69) is 4.90 Å². The second kappa shape index (κ2) is 12.6. The fourth-order valence-corrected chi connectivity index (χ4v) is 6.26. The SMILES string of the molecule is CN(Cc1ccc(C(F)(F)F)cc1)C(=O)C(CCN1CCC2(CC1)OC(=O)N(C)c1ccc(F)cc12)c1ccc(Cl)c(Cl)c1. The maximum atomic E-state index is 14.2. The topological polar surface area (TPSA) is 53.1 Å². The van der Waals surface area contributed by atoms with Crippen molar-refractivity contribution >= 4 is 40.9 Å². The fourth-order valence-electron chi connectivity index (χ4n) is 5.95. The van der Waals surface area contributed by atoms with Crippen LogP contribution in [0.4, 0.5) is 28.0 Å². The Bertz CT molecular complexity index is 1540. The number of likely N-dealkylation sites (tertiary alicyclic amines) is 1. The molecular formula is C32H31Cl2F4N3O3. The maximum absolute atomic E-state index is 14.2. The van der Waals surface area contributed by atoms with E-state index in [1.54, 1.807) is 38.4 Å². The van der Waals surface area contributed by atoms with Crippen molar-refractivity contribution in [1.82, 2.24) is 9.80 Å². The third-order valence-corrected chi connectivity index (χ3v) is 9.23. The van der Waals surface area contributed by atoms with Crippen LogP contribution >= 0.6 is 23.2 Å². The van der Waals surface area contributed by atoms with Crippen LogP contribution in [0, 0.1) is 5.82 Å². The Labute approximate surface area is 263 Å². The Kier molecular flexibility index (Phi) is 9.16. The van der Waals surface area contributed by atoms with E-state index in [4.69, 9.17) is 27.9 Å². The number of halogens is 6. The van der Waals surface area contributed by atoms with Gasteiger partial charge in [0.15, 0.2) is 0 Å². The van der Waals surface area contributed by atoms with Gasteiger partial charge in [-0.3, -0.25) is 9.69 Å². The van der Waals surface area contributed by atoms with E-state index >= 15 is 0 Å². The molecule has 3 aromatic carbocycles. The van der Waals surface area contributed by atoms with Gasteiger partial charge < -0.3 is 14.5 Å². The van der Waals surface area contributed by atoms with E-state index in [0.717, 1.165) is 12.1 Å². The lowest BCUT2D eigenvalue weighted by atomic mass is 9.81. The van der Waals surface area contributed by atoms with Crippen molar-refractivity contribution in [2.24, 2.45) is 0 Å². The summed E-state index contributed by atoms with van der Waals surface area (Å²) in [6, 6.07) is 14.1. The summed E-state index contributed by atoms with van der Waals surface area (Å²) in [6.45, 7) is 1.76. The summed E-state index contributed by atoms with van der Waals surface area (Å²) < 4.78 is 59.1. The van der Waals surface area contributed by atoms with Gasteiger partial charge in [0.2, 0.25) is 5.91 Å². The quantitative estimate of drug-likeness (QED) is 0.244. The maximum Gasteiger partial charge on any atom is 0.416 e. The number of alkyl halides is 3. The molecule has 0 saturated carbocycles. The van der Waals surface area contributed by atoms with Gasteiger partial charge in [0.05, 0.1) is 27.2 Å². The molecule has 6 nitrogen and oxygen atoms in total. The van der Waals surface area contributed by atoms with E-state index in [9.17, 15) is 27.2 Å². The first-order valence-electron chi connectivity index (χ1n) is 14.1. The molecule has 0 aromatic heterocycles. The van der Waals surface area contributed by atoms with Crippen LogP contribution in [-0.2, 0) is 27.9 Å². The molecule has 1 fully saturated rings. The molecule has 234 valence electrons. The minimum Gasteiger partial charge on any atom is -0.437 e. The van der Waals surface area contributed by atoms with Crippen molar-refractivity contribution < 1.29 is 31.9 Å². The number of benzene rings is 3. The molecule has 2 amide bonds. The molecule has 2 aliphatic heterocycles. The van der Waals surface area contributed by atoms with Crippen LogP contribution in [0.1, 0.15) is 47.4 Å². The molecular weight excluding hydrogens is 621 g/mol. The summed E-state index contributed by atoms with van der Waals surface area (Å²) in [5, 5.41) is 0.660. The number of rotatable bonds is 7. The number of hydrogen-bond donors (Lipinski definition) is 0. The molecule has 2 heterocycles. The first kappa shape index (κ1) is 32.1. The molecule has 1 unspecified atom stereocenters. The minimum atomic E-state index is -4.44. The molecule has 44 heavy (non-hydrogen) atoms. The Morgan fingerprint density at radius 3 is 2.34 bits per heavy atom. The van der Waals surface area contributed by atoms with Crippen LogP contribution in [0.2, 0.25) is 10.0 Å². The lowest BCUT2D eigenvalue weighted by Crippen LogP contribution is -2.51. The molecule has 1 spiro atoms. The van der Waals surface area contributed by atoms with Gasteiger partial charge in [0.1, 0.15) is 11.4 Å². The zero-order valence-electron chi connectivity index (χ0n) is 24.1. The number of carbonyl (C=O) groups is 2. The van der Waals surface area contributed by atoms with Gasteiger partial charge >= 0.3 is 12.3 Å². The van der Waals surface area contributed by atoms with Gasteiger partial charge in [-0.1, -0.05) is 41.4 Å². The Morgan fingerprint density at radius 1 is 1.02 bits per heavy atom. The molecule has 5 rings (SSSR count). The van der Waals surface area contributed by atoms with Crippen molar-refractivity contribution in [2.45, 2.75) is 43.5 Å². The van der Waals surface area contributed by atoms with Crippen molar-refractivity contribution in [2.75, 3.05) is 38.6 Å². The molecule has 1 atom stereocenters. The molecule has 2 aliphatic rings. The second-order valence-corrected chi connectivity index (χ2v) is 12.1. The normalized spacial score (nSPS) is 17.3. The van der Waals surface area contributed by atoms with E-state index in [-0.39, 0.29) is 12.5 Å². The molecule has 12 heteroatoms.